The van der Waals surface area contributed by atoms with Crippen LogP contribution < -0.4 is 5.32 Å². The average molecular weight is 140 g/mol. The van der Waals surface area contributed by atoms with E-state index in [0.717, 1.165) is 12.1 Å². The van der Waals surface area contributed by atoms with Gasteiger partial charge in [0.2, 0.25) is 0 Å². The van der Waals surface area contributed by atoms with Crippen molar-refractivity contribution < 1.29 is 4.52 Å². The summed E-state index contributed by atoms with van der Waals surface area (Å²) in [6.07, 6.45) is 2.52. The molecule has 0 aliphatic rings. The van der Waals surface area contributed by atoms with Gasteiger partial charge in [-0.3, -0.25) is 0 Å². The number of hydrogen-bond donors (Lipinski definition) is 1. The van der Waals surface area contributed by atoms with Gasteiger partial charge in [0.1, 0.15) is 6.26 Å². The fraction of sp³-hybridized carbons (Fsp3) is 0.571. The Labute approximate surface area is 60.4 Å². The largest absolute Gasteiger partial charge is 0.365 e. The van der Waals surface area contributed by atoms with Crippen LogP contribution >= 0.6 is 0 Å². The van der Waals surface area contributed by atoms with Gasteiger partial charge in [-0.15, -0.1) is 0 Å². The summed E-state index contributed by atoms with van der Waals surface area (Å²) in [6, 6.07) is 2.35. The van der Waals surface area contributed by atoms with Gasteiger partial charge >= 0.3 is 0 Å². The van der Waals surface area contributed by atoms with E-state index in [1.54, 1.807) is 6.26 Å². The Balaban J connectivity index is 2.40. The normalized spacial score (nSPS) is 13.4. The maximum atomic E-state index is 4.68. The Morgan fingerprint density at radius 1 is 1.80 bits per heavy atom. The van der Waals surface area contributed by atoms with Crippen LogP contribution in [0.1, 0.15) is 12.6 Å². The number of nitrogens with zero attached hydrogens (tertiary/aromatic N) is 1. The summed E-state index contributed by atoms with van der Waals surface area (Å²) in [5.74, 6) is 0. The third kappa shape index (κ3) is 1.84. The molecule has 0 radical (unpaired) electrons. The quantitative estimate of drug-likeness (QED) is 0.675. The van der Waals surface area contributed by atoms with Gasteiger partial charge in [-0.25, -0.2) is 0 Å². The Bertz CT molecular complexity index is 172. The minimum absolute atomic E-state index is 0.463. The van der Waals surface area contributed by atoms with Crippen molar-refractivity contribution in [1.29, 1.82) is 0 Å². The molecule has 0 aliphatic heterocycles. The van der Waals surface area contributed by atoms with Gasteiger partial charge in [-0.2, -0.15) is 0 Å². The number of nitrogens with one attached hydrogen (secondary N) is 1. The second kappa shape index (κ2) is 3.37. The van der Waals surface area contributed by atoms with E-state index in [2.05, 4.69) is 21.9 Å². The van der Waals surface area contributed by atoms with E-state index in [-0.39, 0.29) is 0 Å². The van der Waals surface area contributed by atoms with Crippen molar-refractivity contribution in [3.05, 3.63) is 18.0 Å². The predicted octanol–water partition coefficient (Wildman–Crippen LogP) is 0.825. The van der Waals surface area contributed by atoms with Crippen molar-refractivity contribution >= 4 is 0 Å². The fourth-order valence-corrected chi connectivity index (χ4v) is 0.759. The highest BCUT2D eigenvalue weighted by Crippen LogP contribution is 1.98. The van der Waals surface area contributed by atoms with E-state index in [0.29, 0.717) is 6.04 Å². The second-order valence-electron chi connectivity index (χ2n) is 2.38. The Hall–Kier alpha value is -0.830. The molecule has 0 saturated carbocycles. The molecule has 1 N–H and O–H groups in total. The zero-order valence-electron chi connectivity index (χ0n) is 6.29. The molecule has 1 rings (SSSR count). The van der Waals surface area contributed by atoms with E-state index in [4.69, 9.17) is 0 Å². The molecular formula is C7H12N2O. The van der Waals surface area contributed by atoms with Gasteiger partial charge < -0.3 is 9.84 Å². The summed E-state index contributed by atoms with van der Waals surface area (Å²) >= 11 is 0. The molecule has 3 nitrogen and oxygen atoms in total. The topological polar surface area (TPSA) is 38.1 Å². The molecule has 10 heavy (non-hydrogen) atoms. The number of aromatic nitrogens is 1. The Morgan fingerprint density at radius 2 is 2.60 bits per heavy atom. The van der Waals surface area contributed by atoms with Gasteiger partial charge in [0.05, 0.1) is 5.69 Å². The van der Waals surface area contributed by atoms with Crippen molar-refractivity contribution in [1.82, 2.24) is 10.5 Å². The first-order valence-corrected chi connectivity index (χ1v) is 3.39. The summed E-state index contributed by atoms with van der Waals surface area (Å²) in [4.78, 5) is 0. The lowest BCUT2D eigenvalue weighted by atomic mass is 10.2. The molecule has 1 heterocycles. The Kier molecular flexibility index (Phi) is 2.45. The van der Waals surface area contributed by atoms with Gasteiger partial charge in [-0.1, -0.05) is 5.16 Å². The highest BCUT2D eigenvalue weighted by molar-refractivity contribution is 4.97. The maximum absolute atomic E-state index is 4.68. The van der Waals surface area contributed by atoms with Gasteiger partial charge in [-0.05, 0) is 14.0 Å². The van der Waals surface area contributed by atoms with Crippen LogP contribution in [0.15, 0.2) is 16.9 Å². The third-order valence-electron chi connectivity index (χ3n) is 1.50. The smallest absolute Gasteiger partial charge is 0.124 e. The summed E-state index contributed by atoms with van der Waals surface area (Å²) in [7, 11) is 1.94. The molecule has 0 amide bonds. The minimum atomic E-state index is 0.463. The van der Waals surface area contributed by atoms with E-state index in [1.807, 2.05) is 13.1 Å². The van der Waals surface area contributed by atoms with Gasteiger partial charge in [0, 0.05) is 18.5 Å². The molecule has 3 heteroatoms. The zero-order chi connectivity index (χ0) is 7.40. The van der Waals surface area contributed by atoms with Crippen LogP contribution in [0.4, 0.5) is 0 Å². The molecule has 0 spiro atoms. The Morgan fingerprint density at radius 3 is 3.10 bits per heavy atom. The van der Waals surface area contributed by atoms with Crippen LogP contribution in [-0.4, -0.2) is 18.2 Å². The molecule has 0 saturated heterocycles. The van der Waals surface area contributed by atoms with Gasteiger partial charge in [0.25, 0.3) is 0 Å². The van der Waals surface area contributed by atoms with E-state index < -0.39 is 0 Å². The summed E-state index contributed by atoms with van der Waals surface area (Å²) in [6.45, 7) is 2.11. The molecule has 1 aromatic rings. The molecule has 0 aliphatic carbocycles. The maximum Gasteiger partial charge on any atom is 0.124 e. The van der Waals surface area contributed by atoms with Crippen molar-refractivity contribution in [2.75, 3.05) is 7.05 Å². The lowest BCUT2D eigenvalue weighted by Gasteiger charge is -2.05. The van der Waals surface area contributed by atoms with E-state index >= 15 is 0 Å². The molecule has 56 valence electrons. The van der Waals surface area contributed by atoms with Crippen molar-refractivity contribution in [3.8, 4) is 0 Å². The lowest BCUT2D eigenvalue weighted by Crippen LogP contribution is -2.23. The van der Waals surface area contributed by atoms with Crippen LogP contribution in [0.3, 0.4) is 0 Å². The monoisotopic (exact) mass is 140 g/mol. The standard InChI is InChI=1S/C7H12N2O/c1-6(8-2)5-7-3-4-10-9-7/h3-4,6,8H,5H2,1-2H3. The van der Waals surface area contributed by atoms with Crippen molar-refractivity contribution in [2.45, 2.75) is 19.4 Å². The van der Waals surface area contributed by atoms with E-state index in [1.165, 1.54) is 0 Å². The van der Waals surface area contributed by atoms with Crippen LogP contribution in [0.5, 0.6) is 0 Å². The first kappa shape index (κ1) is 7.28. The SMILES string of the molecule is CNC(C)Cc1ccon1. The molecule has 0 bridgehead atoms. The molecule has 1 unspecified atom stereocenters. The van der Waals surface area contributed by atoms with Crippen molar-refractivity contribution in [2.24, 2.45) is 0 Å². The minimum Gasteiger partial charge on any atom is -0.365 e. The highest BCUT2D eigenvalue weighted by atomic mass is 16.5. The molecule has 1 atom stereocenters. The second-order valence-corrected chi connectivity index (χ2v) is 2.38. The molecular weight excluding hydrogens is 128 g/mol. The van der Waals surface area contributed by atoms with Crippen molar-refractivity contribution in [3.63, 3.8) is 0 Å². The van der Waals surface area contributed by atoms with Crippen LogP contribution in [0.25, 0.3) is 0 Å². The third-order valence-corrected chi connectivity index (χ3v) is 1.50. The fourth-order valence-electron chi connectivity index (χ4n) is 0.759. The number of likely N-dealkylation sites (N-methyl/N-ethyl adjacent to an activating group) is 1. The van der Waals surface area contributed by atoms with Crippen LogP contribution in [-0.2, 0) is 6.42 Å². The van der Waals surface area contributed by atoms with Gasteiger partial charge in [0.15, 0.2) is 0 Å². The summed E-state index contributed by atoms with van der Waals surface area (Å²) in [5.41, 5.74) is 1.00. The van der Waals surface area contributed by atoms with E-state index in [9.17, 15) is 0 Å². The first-order chi connectivity index (χ1) is 4.83. The summed E-state index contributed by atoms with van der Waals surface area (Å²) in [5, 5.41) is 6.91. The number of hydrogen-bond acceptors (Lipinski definition) is 3. The molecule has 0 aromatic carbocycles. The van der Waals surface area contributed by atoms with Crippen LogP contribution in [0, 0.1) is 0 Å². The number of rotatable bonds is 3. The molecule has 1 aromatic heterocycles. The predicted molar refractivity (Wildman–Crippen MR) is 38.7 cm³/mol. The first-order valence-electron chi connectivity index (χ1n) is 3.39. The average Bonchev–Trinajstić information content (AvgIpc) is 2.40. The zero-order valence-corrected chi connectivity index (χ0v) is 6.29. The highest BCUT2D eigenvalue weighted by Gasteiger charge is 2.01. The summed E-state index contributed by atoms with van der Waals surface area (Å²) < 4.78 is 4.68. The molecule has 0 fully saturated rings. The lowest BCUT2D eigenvalue weighted by molar-refractivity contribution is 0.407. The van der Waals surface area contributed by atoms with Crippen LogP contribution in [0.2, 0.25) is 0 Å².